The van der Waals surface area contributed by atoms with Crippen LogP contribution in [-0.2, 0) is 4.79 Å². The van der Waals surface area contributed by atoms with Crippen LogP contribution in [0.25, 0.3) is 5.82 Å². The van der Waals surface area contributed by atoms with Crippen molar-refractivity contribution in [2.75, 3.05) is 25.0 Å². The Hall–Kier alpha value is -3.42. The van der Waals surface area contributed by atoms with Crippen LogP contribution < -0.4 is 15.4 Å². The number of hydrogen-bond acceptors (Lipinski definition) is 6. The van der Waals surface area contributed by atoms with Crippen LogP contribution in [0, 0.1) is 20.8 Å². The standard InChI is InChI=1S/C20H24N6O2/c1-14-6-4-5-7-17(14)28-11-20(27)22-9-8-21-18-10-19(24-12-23-18)26-13-25-15(2)16(26)3/h4-7,10,12-13H,8-9,11H2,1-3H3,(H,22,27)(H,21,23,24). The lowest BCUT2D eigenvalue weighted by atomic mass is 10.2. The third-order valence-electron chi connectivity index (χ3n) is 4.36. The second-order valence-corrected chi connectivity index (χ2v) is 6.38. The molecular weight excluding hydrogens is 356 g/mol. The molecule has 0 spiro atoms. The van der Waals surface area contributed by atoms with E-state index in [4.69, 9.17) is 4.74 Å². The van der Waals surface area contributed by atoms with Crippen LogP contribution in [0.1, 0.15) is 17.0 Å². The van der Waals surface area contributed by atoms with Crippen molar-refractivity contribution in [3.05, 3.63) is 59.9 Å². The minimum absolute atomic E-state index is 0.0121. The fourth-order valence-corrected chi connectivity index (χ4v) is 2.61. The molecule has 0 saturated heterocycles. The van der Waals surface area contributed by atoms with Crippen molar-refractivity contribution in [3.8, 4) is 11.6 Å². The predicted molar refractivity (Wildman–Crippen MR) is 107 cm³/mol. The number of hydrogen-bond donors (Lipinski definition) is 2. The van der Waals surface area contributed by atoms with Crippen molar-refractivity contribution in [2.45, 2.75) is 20.8 Å². The van der Waals surface area contributed by atoms with Gasteiger partial charge in [-0.15, -0.1) is 0 Å². The number of imidazole rings is 1. The van der Waals surface area contributed by atoms with E-state index in [1.165, 1.54) is 6.33 Å². The molecule has 0 radical (unpaired) electrons. The van der Waals surface area contributed by atoms with Crippen LogP contribution in [-0.4, -0.2) is 45.1 Å². The molecule has 2 aromatic heterocycles. The minimum Gasteiger partial charge on any atom is -0.484 e. The number of carbonyl (C=O) groups excluding carboxylic acids is 1. The van der Waals surface area contributed by atoms with Gasteiger partial charge in [0, 0.05) is 24.8 Å². The van der Waals surface area contributed by atoms with E-state index in [2.05, 4.69) is 25.6 Å². The van der Waals surface area contributed by atoms with Crippen molar-refractivity contribution in [2.24, 2.45) is 0 Å². The number of carbonyl (C=O) groups is 1. The van der Waals surface area contributed by atoms with Crippen molar-refractivity contribution in [1.29, 1.82) is 0 Å². The first-order valence-electron chi connectivity index (χ1n) is 9.06. The molecule has 0 atom stereocenters. The van der Waals surface area contributed by atoms with E-state index in [0.717, 1.165) is 22.8 Å². The average Bonchev–Trinajstić information content (AvgIpc) is 3.03. The monoisotopic (exact) mass is 380 g/mol. The lowest BCUT2D eigenvalue weighted by Gasteiger charge is -2.11. The number of anilines is 1. The highest BCUT2D eigenvalue weighted by molar-refractivity contribution is 5.77. The molecule has 28 heavy (non-hydrogen) atoms. The van der Waals surface area contributed by atoms with E-state index in [1.807, 2.05) is 55.7 Å². The summed E-state index contributed by atoms with van der Waals surface area (Å²) >= 11 is 0. The summed E-state index contributed by atoms with van der Waals surface area (Å²) in [6.45, 7) is 6.87. The van der Waals surface area contributed by atoms with Crippen LogP contribution in [0.2, 0.25) is 0 Å². The van der Waals surface area contributed by atoms with Gasteiger partial charge in [0.1, 0.15) is 30.0 Å². The number of benzene rings is 1. The van der Waals surface area contributed by atoms with E-state index >= 15 is 0 Å². The van der Waals surface area contributed by atoms with Crippen molar-refractivity contribution >= 4 is 11.7 Å². The van der Waals surface area contributed by atoms with Gasteiger partial charge in [0.05, 0.1) is 5.69 Å². The van der Waals surface area contributed by atoms with Crippen molar-refractivity contribution in [1.82, 2.24) is 24.8 Å². The Morgan fingerprint density at radius 3 is 2.68 bits per heavy atom. The molecule has 1 amide bonds. The lowest BCUT2D eigenvalue weighted by Crippen LogP contribution is -2.32. The molecule has 2 N–H and O–H groups in total. The Labute approximate surface area is 164 Å². The largest absolute Gasteiger partial charge is 0.484 e. The Balaban J connectivity index is 1.44. The highest BCUT2D eigenvalue weighted by Crippen LogP contribution is 2.16. The highest BCUT2D eigenvalue weighted by Gasteiger charge is 2.07. The van der Waals surface area contributed by atoms with Gasteiger partial charge in [-0.05, 0) is 32.4 Å². The van der Waals surface area contributed by atoms with Gasteiger partial charge in [-0.2, -0.15) is 0 Å². The Morgan fingerprint density at radius 1 is 1.11 bits per heavy atom. The first kappa shape index (κ1) is 19.3. The number of nitrogens with one attached hydrogen (secondary N) is 2. The molecule has 0 bridgehead atoms. The number of amides is 1. The van der Waals surface area contributed by atoms with Crippen LogP contribution in [0.3, 0.4) is 0 Å². The molecule has 0 aliphatic carbocycles. The number of nitrogens with zero attached hydrogens (tertiary/aromatic N) is 4. The zero-order valence-corrected chi connectivity index (χ0v) is 16.3. The van der Waals surface area contributed by atoms with E-state index in [9.17, 15) is 4.79 Å². The summed E-state index contributed by atoms with van der Waals surface area (Å²) in [5.74, 6) is 1.97. The summed E-state index contributed by atoms with van der Waals surface area (Å²) in [7, 11) is 0. The third kappa shape index (κ3) is 4.85. The first-order chi connectivity index (χ1) is 13.5. The van der Waals surface area contributed by atoms with Gasteiger partial charge < -0.3 is 15.4 Å². The second-order valence-electron chi connectivity index (χ2n) is 6.38. The summed E-state index contributed by atoms with van der Waals surface area (Å²) in [4.78, 5) is 24.7. The molecule has 0 saturated carbocycles. The number of aromatic nitrogens is 4. The smallest absolute Gasteiger partial charge is 0.258 e. The summed E-state index contributed by atoms with van der Waals surface area (Å²) < 4.78 is 7.44. The Bertz CT molecular complexity index is 953. The Morgan fingerprint density at radius 2 is 1.93 bits per heavy atom. The number of rotatable bonds is 8. The topological polar surface area (TPSA) is 94.0 Å². The molecule has 1 aromatic carbocycles. The molecule has 3 aromatic rings. The number of para-hydroxylation sites is 1. The van der Waals surface area contributed by atoms with Gasteiger partial charge in [0.15, 0.2) is 6.61 Å². The zero-order chi connectivity index (χ0) is 19.9. The van der Waals surface area contributed by atoms with Crippen molar-refractivity contribution < 1.29 is 9.53 Å². The molecule has 2 heterocycles. The molecule has 8 heteroatoms. The van der Waals surface area contributed by atoms with E-state index in [-0.39, 0.29) is 12.5 Å². The van der Waals surface area contributed by atoms with Gasteiger partial charge in [-0.1, -0.05) is 18.2 Å². The number of ether oxygens (including phenoxy) is 1. The SMILES string of the molecule is Cc1ccccc1OCC(=O)NCCNc1cc(-n2cnc(C)c2C)ncn1. The van der Waals surface area contributed by atoms with Gasteiger partial charge in [-0.25, -0.2) is 15.0 Å². The van der Waals surface area contributed by atoms with Crippen LogP contribution in [0.5, 0.6) is 5.75 Å². The average molecular weight is 380 g/mol. The van der Waals surface area contributed by atoms with Crippen LogP contribution in [0.4, 0.5) is 5.82 Å². The molecular formula is C20H24N6O2. The maximum Gasteiger partial charge on any atom is 0.258 e. The number of aryl methyl sites for hydroxylation is 2. The molecule has 8 nitrogen and oxygen atoms in total. The van der Waals surface area contributed by atoms with E-state index in [1.54, 1.807) is 6.33 Å². The lowest BCUT2D eigenvalue weighted by molar-refractivity contribution is -0.123. The third-order valence-corrected chi connectivity index (χ3v) is 4.36. The van der Waals surface area contributed by atoms with Crippen molar-refractivity contribution in [3.63, 3.8) is 0 Å². The fraction of sp³-hybridized carbons (Fsp3) is 0.300. The molecule has 146 valence electrons. The fourth-order valence-electron chi connectivity index (χ4n) is 2.61. The van der Waals surface area contributed by atoms with E-state index < -0.39 is 0 Å². The maximum atomic E-state index is 11.9. The van der Waals surface area contributed by atoms with Gasteiger partial charge in [0.2, 0.25) is 0 Å². The molecule has 0 fully saturated rings. The predicted octanol–water partition coefficient (Wildman–Crippen LogP) is 2.19. The zero-order valence-electron chi connectivity index (χ0n) is 16.3. The van der Waals surface area contributed by atoms with Gasteiger partial charge >= 0.3 is 0 Å². The normalized spacial score (nSPS) is 10.5. The summed E-state index contributed by atoms with van der Waals surface area (Å²) in [5, 5.41) is 6.00. The quantitative estimate of drug-likeness (QED) is 0.582. The summed E-state index contributed by atoms with van der Waals surface area (Å²) in [6, 6.07) is 9.45. The van der Waals surface area contributed by atoms with Crippen LogP contribution in [0.15, 0.2) is 43.0 Å². The van der Waals surface area contributed by atoms with E-state index in [0.29, 0.717) is 24.7 Å². The molecule has 0 aliphatic heterocycles. The molecule has 0 unspecified atom stereocenters. The minimum atomic E-state index is -0.169. The second kappa shape index (κ2) is 8.98. The molecule has 3 rings (SSSR count). The molecule has 0 aliphatic rings. The van der Waals surface area contributed by atoms with Crippen LogP contribution >= 0.6 is 0 Å². The summed E-state index contributed by atoms with van der Waals surface area (Å²) in [6.07, 6.45) is 3.24. The Kier molecular flexibility index (Phi) is 6.21. The highest BCUT2D eigenvalue weighted by atomic mass is 16.5. The van der Waals surface area contributed by atoms with Gasteiger partial charge in [0.25, 0.3) is 5.91 Å². The van der Waals surface area contributed by atoms with Gasteiger partial charge in [-0.3, -0.25) is 9.36 Å². The first-order valence-corrected chi connectivity index (χ1v) is 9.06. The summed E-state index contributed by atoms with van der Waals surface area (Å²) in [5.41, 5.74) is 2.99. The maximum absolute atomic E-state index is 11.9.